The molecule has 2 amide bonds. The molecule has 1 aliphatic heterocycles. The Morgan fingerprint density at radius 1 is 1.20 bits per heavy atom. The number of urea groups is 1. The fraction of sp³-hybridized carbons (Fsp3) is 0.467. The zero-order valence-corrected chi connectivity index (χ0v) is 20.3. The van der Waals surface area contributed by atoms with E-state index >= 15 is 0 Å². The number of carbonyl (C=O) groups excluding carboxylic acids is 1. The zero-order valence-electron chi connectivity index (χ0n) is 20.3. The molecule has 5 nitrogen and oxygen atoms in total. The molecule has 35 heavy (non-hydrogen) atoms. The average Bonchev–Trinajstić information content (AvgIpc) is 3.64. The number of rotatable bonds is 6. The molecule has 178 valence electrons. The van der Waals surface area contributed by atoms with Crippen LogP contribution in [0.4, 0.5) is 4.79 Å². The van der Waals surface area contributed by atoms with Crippen LogP contribution in [0.2, 0.25) is 0 Å². The largest absolute Gasteiger partial charge is 0.381 e. The van der Waals surface area contributed by atoms with E-state index < -0.39 is 5.54 Å². The molecule has 2 saturated carbocycles. The number of amides is 2. The summed E-state index contributed by atoms with van der Waals surface area (Å²) in [4.78, 5) is 15.6. The number of hydrogen-bond acceptors (Lipinski definition) is 3. The second-order valence-corrected chi connectivity index (χ2v) is 11.2. The van der Waals surface area contributed by atoms with Crippen molar-refractivity contribution >= 4 is 6.03 Å². The van der Waals surface area contributed by atoms with Crippen LogP contribution >= 0.6 is 0 Å². The van der Waals surface area contributed by atoms with Crippen LogP contribution in [0.25, 0.3) is 0 Å². The quantitative estimate of drug-likeness (QED) is 0.627. The molecule has 3 unspecified atom stereocenters. The minimum atomic E-state index is -0.440. The lowest BCUT2D eigenvalue weighted by Gasteiger charge is -2.59. The molecular formula is C30H31N3O2. The van der Waals surface area contributed by atoms with E-state index in [4.69, 9.17) is 4.74 Å². The Bertz CT molecular complexity index is 1320. The number of methoxy groups -OCH3 is 1. The lowest BCUT2D eigenvalue weighted by molar-refractivity contribution is 0.0130. The topological polar surface area (TPSA) is 65.4 Å². The first-order valence-electron chi connectivity index (χ1n) is 13.1. The summed E-state index contributed by atoms with van der Waals surface area (Å²) < 4.78 is 5.81. The van der Waals surface area contributed by atoms with Gasteiger partial charge in [-0.3, -0.25) is 4.90 Å². The molecule has 0 radical (unpaired) electrons. The van der Waals surface area contributed by atoms with E-state index in [1.165, 1.54) is 41.5 Å². The fourth-order valence-corrected chi connectivity index (χ4v) is 7.54. The number of hydrogen-bond donors (Lipinski definition) is 1. The van der Waals surface area contributed by atoms with E-state index in [2.05, 4.69) is 29.6 Å². The normalized spacial score (nSPS) is 30.1. The molecule has 0 bridgehead atoms. The van der Waals surface area contributed by atoms with E-state index in [0.29, 0.717) is 12.1 Å². The molecule has 0 aromatic heterocycles. The summed E-state index contributed by atoms with van der Waals surface area (Å²) in [6.07, 6.45) is 9.25. The maximum Gasteiger partial charge on any atom is 0.323 e. The summed E-state index contributed by atoms with van der Waals surface area (Å²) in [5.74, 6) is 0.907. The third kappa shape index (κ3) is 2.81. The molecule has 2 aromatic rings. The zero-order chi connectivity index (χ0) is 23.8. The minimum absolute atomic E-state index is 0.0424. The van der Waals surface area contributed by atoms with Crippen molar-refractivity contribution in [3.63, 3.8) is 0 Å². The molecule has 1 heterocycles. The first kappa shape index (κ1) is 21.2. The van der Waals surface area contributed by atoms with Crippen molar-refractivity contribution in [2.75, 3.05) is 7.11 Å². The minimum Gasteiger partial charge on any atom is -0.381 e. The van der Waals surface area contributed by atoms with Gasteiger partial charge in [0.1, 0.15) is 5.54 Å². The van der Waals surface area contributed by atoms with Gasteiger partial charge in [0.05, 0.1) is 30.0 Å². The first-order chi connectivity index (χ1) is 17.1. The van der Waals surface area contributed by atoms with Crippen molar-refractivity contribution in [2.24, 2.45) is 11.3 Å². The Balaban J connectivity index is 1.33. The number of nitrogens with one attached hydrogen (secondary N) is 1. The monoisotopic (exact) mass is 465 g/mol. The summed E-state index contributed by atoms with van der Waals surface area (Å²) in [5.41, 5.74) is 7.64. The standard InChI is InChI=1S/C30H31N3O2/c1-35-24-12-13-29-16-21-11-10-20(9-8-19-6-7-19)14-25(21)30(29)27(26(29)15-24)33(28(34)32-30)18-23-5-3-2-4-22(23)17-31/h2-5,10-11,14,19,24H,6-9,12-13,15-16,18H2,1H3,(H,32,34). The summed E-state index contributed by atoms with van der Waals surface area (Å²) in [6, 6.07) is 16.9. The molecule has 3 atom stereocenters. The highest BCUT2D eigenvalue weighted by Gasteiger charge is 2.74. The van der Waals surface area contributed by atoms with Crippen molar-refractivity contribution in [1.82, 2.24) is 10.2 Å². The number of nitrogens with zero attached hydrogens (tertiary/aromatic N) is 2. The van der Waals surface area contributed by atoms with Gasteiger partial charge >= 0.3 is 6.03 Å². The van der Waals surface area contributed by atoms with E-state index in [0.717, 1.165) is 49.3 Å². The van der Waals surface area contributed by atoms with Crippen LogP contribution in [-0.4, -0.2) is 24.1 Å². The van der Waals surface area contributed by atoms with Gasteiger partial charge in [-0.1, -0.05) is 49.2 Å². The van der Waals surface area contributed by atoms with Crippen molar-refractivity contribution < 1.29 is 9.53 Å². The number of carbonyl (C=O) groups is 1. The molecule has 2 aromatic carbocycles. The predicted molar refractivity (Wildman–Crippen MR) is 132 cm³/mol. The van der Waals surface area contributed by atoms with E-state index in [1.807, 2.05) is 29.2 Å². The Kier molecular flexibility index (Phi) is 4.51. The van der Waals surface area contributed by atoms with Crippen LogP contribution in [0.5, 0.6) is 0 Å². The molecular weight excluding hydrogens is 434 g/mol. The van der Waals surface area contributed by atoms with Crippen LogP contribution in [0, 0.1) is 22.7 Å². The van der Waals surface area contributed by atoms with Gasteiger partial charge in [0.15, 0.2) is 0 Å². The molecule has 2 spiro atoms. The SMILES string of the molecule is COC1CCC23Cc4ccc(CCC5CC5)cc4C24NC(=O)N(Cc2ccccc2C#N)C4=C3C1. The maximum absolute atomic E-state index is 13.7. The van der Waals surface area contributed by atoms with Crippen molar-refractivity contribution in [3.8, 4) is 6.07 Å². The molecule has 5 heteroatoms. The van der Waals surface area contributed by atoms with Crippen molar-refractivity contribution in [3.05, 3.63) is 81.6 Å². The van der Waals surface area contributed by atoms with Gasteiger partial charge < -0.3 is 10.1 Å². The molecule has 3 fully saturated rings. The van der Waals surface area contributed by atoms with E-state index in [-0.39, 0.29) is 17.6 Å². The summed E-state index contributed by atoms with van der Waals surface area (Å²) in [5, 5.41) is 13.2. The van der Waals surface area contributed by atoms with Gasteiger partial charge in [0, 0.05) is 12.5 Å². The van der Waals surface area contributed by atoms with Gasteiger partial charge in [0.2, 0.25) is 0 Å². The van der Waals surface area contributed by atoms with Crippen LogP contribution < -0.4 is 5.32 Å². The van der Waals surface area contributed by atoms with Crippen molar-refractivity contribution in [1.29, 1.82) is 5.26 Å². The highest BCUT2D eigenvalue weighted by atomic mass is 16.5. The highest BCUT2D eigenvalue weighted by Crippen LogP contribution is 2.73. The molecule has 7 rings (SSSR count). The second-order valence-electron chi connectivity index (χ2n) is 11.2. The fourth-order valence-electron chi connectivity index (χ4n) is 7.54. The van der Waals surface area contributed by atoms with Crippen LogP contribution in [0.1, 0.15) is 66.3 Å². The van der Waals surface area contributed by atoms with Crippen LogP contribution in [0.15, 0.2) is 53.7 Å². The predicted octanol–water partition coefficient (Wildman–Crippen LogP) is 5.33. The number of benzene rings is 2. The summed E-state index contributed by atoms with van der Waals surface area (Å²) in [7, 11) is 1.80. The smallest absolute Gasteiger partial charge is 0.323 e. The Morgan fingerprint density at radius 2 is 2.06 bits per heavy atom. The molecule has 4 aliphatic carbocycles. The third-order valence-corrected chi connectivity index (χ3v) is 9.48. The van der Waals surface area contributed by atoms with Gasteiger partial charge in [-0.2, -0.15) is 5.26 Å². The third-order valence-electron chi connectivity index (χ3n) is 9.48. The first-order valence-corrected chi connectivity index (χ1v) is 13.1. The highest BCUT2D eigenvalue weighted by molar-refractivity contribution is 5.88. The van der Waals surface area contributed by atoms with Gasteiger partial charge in [0.25, 0.3) is 0 Å². The number of ether oxygens (including phenoxy) is 1. The van der Waals surface area contributed by atoms with Crippen LogP contribution in [-0.2, 0) is 29.7 Å². The summed E-state index contributed by atoms with van der Waals surface area (Å²) >= 11 is 0. The Hall–Kier alpha value is -3.10. The number of aryl methyl sites for hydroxylation is 1. The molecule has 5 aliphatic rings. The number of nitriles is 1. The second kappa shape index (κ2) is 7.45. The maximum atomic E-state index is 13.7. The molecule has 1 N–H and O–H groups in total. The van der Waals surface area contributed by atoms with Gasteiger partial charge in [-0.05, 0) is 78.3 Å². The Labute approximate surface area is 206 Å². The van der Waals surface area contributed by atoms with Crippen LogP contribution in [0.3, 0.4) is 0 Å². The number of fused-ring (bicyclic) bond motifs is 1. The van der Waals surface area contributed by atoms with E-state index in [9.17, 15) is 10.1 Å². The average molecular weight is 466 g/mol. The Morgan fingerprint density at radius 3 is 2.86 bits per heavy atom. The molecule has 1 saturated heterocycles. The van der Waals surface area contributed by atoms with Crippen molar-refractivity contribution in [2.45, 2.75) is 69.6 Å². The van der Waals surface area contributed by atoms with E-state index in [1.54, 1.807) is 7.11 Å². The van der Waals surface area contributed by atoms with Gasteiger partial charge in [-0.15, -0.1) is 0 Å². The van der Waals surface area contributed by atoms with Gasteiger partial charge in [-0.25, -0.2) is 4.79 Å². The lowest BCUT2D eigenvalue weighted by Crippen LogP contribution is -2.62. The lowest BCUT2D eigenvalue weighted by atomic mass is 9.49. The summed E-state index contributed by atoms with van der Waals surface area (Å²) in [6.45, 7) is 0.417.